The van der Waals surface area contributed by atoms with Crippen molar-refractivity contribution in [1.29, 1.82) is 0 Å². The molecule has 0 saturated carbocycles. The molecule has 2 aromatic carbocycles. The average molecular weight is 374 g/mol. The van der Waals surface area contributed by atoms with Crippen molar-refractivity contribution in [3.63, 3.8) is 0 Å². The maximum atomic E-state index is 12.8. The van der Waals surface area contributed by atoms with Crippen LogP contribution in [-0.2, 0) is 22.4 Å². The molecule has 28 heavy (non-hydrogen) atoms. The third-order valence-electron chi connectivity index (χ3n) is 4.75. The van der Waals surface area contributed by atoms with Crippen LogP contribution in [0, 0.1) is 0 Å². The summed E-state index contributed by atoms with van der Waals surface area (Å²) in [4.78, 5) is 41.5. The Morgan fingerprint density at radius 3 is 2.54 bits per heavy atom. The highest BCUT2D eigenvalue weighted by Crippen LogP contribution is 2.30. The molecular formula is C22H18N2O4. The fourth-order valence-corrected chi connectivity index (χ4v) is 3.47. The summed E-state index contributed by atoms with van der Waals surface area (Å²) in [5.74, 6) is -1.77. The first kappa shape index (κ1) is 17.9. The van der Waals surface area contributed by atoms with Gasteiger partial charge in [0, 0.05) is 16.6 Å². The number of aryl methyl sites for hydroxylation is 1. The Morgan fingerprint density at radius 2 is 1.71 bits per heavy atom. The van der Waals surface area contributed by atoms with Crippen LogP contribution in [0.15, 0.2) is 54.6 Å². The minimum atomic E-state index is -0.669. The molecule has 1 aromatic heterocycles. The highest BCUT2D eigenvalue weighted by molar-refractivity contribution is 6.07. The fourth-order valence-electron chi connectivity index (χ4n) is 3.47. The third-order valence-corrected chi connectivity index (χ3v) is 4.75. The molecule has 140 valence electrons. The smallest absolute Gasteiger partial charge is 0.339 e. The number of carbonyl (C=O) groups is 3. The number of nitrogens with one attached hydrogen (secondary N) is 1. The van der Waals surface area contributed by atoms with Crippen LogP contribution >= 0.6 is 0 Å². The van der Waals surface area contributed by atoms with E-state index < -0.39 is 24.4 Å². The first-order valence-electron chi connectivity index (χ1n) is 9.10. The van der Waals surface area contributed by atoms with E-state index in [2.05, 4.69) is 10.3 Å². The number of aromatic nitrogens is 1. The molecule has 3 aromatic rings. The zero-order valence-corrected chi connectivity index (χ0v) is 15.1. The molecule has 1 aliphatic rings. The van der Waals surface area contributed by atoms with Gasteiger partial charge in [-0.05, 0) is 43.0 Å². The molecule has 1 N–H and O–H groups in total. The van der Waals surface area contributed by atoms with Crippen LogP contribution in [0.25, 0.3) is 10.9 Å². The van der Waals surface area contributed by atoms with E-state index in [9.17, 15) is 14.4 Å². The molecule has 6 nitrogen and oxygen atoms in total. The van der Waals surface area contributed by atoms with Crippen LogP contribution in [0.4, 0.5) is 0 Å². The van der Waals surface area contributed by atoms with E-state index >= 15 is 0 Å². The molecule has 0 aliphatic heterocycles. The highest BCUT2D eigenvalue weighted by Gasteiger charge is 2.25. The molecule has 0 bridgehead atoms. The summed E-state index contributed by atoms with van der Waals surface area (Å²) < 4.78 is 5.23. The minimum absolute atomic E-state index is 0.361. The van der Waals surface area contributed by atoms with Gasteiger partial charge in [0.05, 0.1) is 11.1 Å². The number of para-hydroxylation sites is 1. The van der Waals surface area contributed by atoms with E-state index in [1.165, 1.54) is 0 Å². The zero-order chi connectivity index (χ0) is 19.5. The number of imide groups is 1. The Morgan fingerprint density at radius 1 is 0.964 bits per heavy atom. The van der Waals surface area contributed by atoms with E-state index in [0.29, 0.717) is 16.5 Å². The molecule has 1 aliphatic carbocycles. The molecule has 0 spiro atoms. The van der Waals surface area contributed by atoms with E-state index in [0.717, 1.165) is 36.0 Å². The number of fused-ring (bicyclic) bond motifs is 2. The van der Waals surface area contributed by atoms with Crippen molar-refractivity contribution in [3.8, 4) is 0 Å². The lowest BCUT2D eigenvalue weighted by Gasteiger charge is -2.12. The topological polar surface area (TPSA) is 85.4 Å². The number of nitrogens with zero attached hydrogens (tertiary/aromatic N) is 1. The van der Waals surface area contributed by atoms with Crippen LogP contribution < -0.4 is 5.32 Å². The summed E-state index contributed by atoms with van der Waals surface area (Å²) >= 11 is 0. The second-order valence-electron chi connectivity index (χ2n) is 6.60. The van der Waals surface area contributed by atoms with Crippen LogP contribution in [0.5, 0.6) is 0 Å². The molecule has 0 atom stereocenters. The van der Waals surface area contributed by atoms with Gasteiger partial charge >= 0.3 is 5.97 Å². The molecule has 0 fully saturated rings. The average Bonchev–Trinajstić information content (AvgIpc) is 3.18. The number of pyridine rings is 1. The van der Waals surface area contributed by atoms with Gasteiger partial charge in [-0.25, -0.2) is 4.79 Å². The molecule has 0 radical (unpaired) electrons. The number of amides is 2. The van der Waals surface area contributed by atoms with Gasteiger partial charge in [-0.1, -0.05) is 36.4 Å². The summed E-state index contributed by atoms with van der Waals surface area (Å²) in [6, 6.07) is 15.8. The van der Waals surface area contributed by atoms with Crippen LogP contribution in [0.3, 0.4) is 0 Å². The number of esters is 1. The summed E-state index contributed by atoms with van der Waals surface area (Å²) in [5.41, 5.74) is 3.37. The summed E-state index contributed by atoms with van der Waals surface area (Å²) in [6.45, 7) is -0.525. The molecular weight excluding hydrogens is 356 g/mol. The number of hydrogen-bond donors (Lipinski definition) is 1. The van der Waals surface area contributed by atoms with Crippen LogP contribution in [0.1, 0.15) is 38.4 Å². The van der Waals surface area contributed by atoms with E-state index in [-0.39, 0.29) is 0 Å². The number of rotatable bonds is 4. The standard InChI is InChI=1S/C22H18N2O4/c25-19(24-21(26)14-7-2-1-3-8-14)13-28-22(27)20-15-9-4-5-11-17(15)23-18-12-6-10-16(18)20/h1-5,7-9,11H,6,10,12-13H2,(H,24,25,26). The summed E-state index contributed by atoms with van der Waals surface area (Å²) in [5, 5.41) is 2.94. The minimum Gasteiger partial charge on any atom is -0.452 e. The molecule has 6 heteroatoms. The van der Waals surface area contributed by atoms with Gasteiger partial charge in [0.2, 0.25) is 0 Å². The van der Waals surface area contributed by atoms with Crippen molar-refractivity contribution in [2.75, 3.05) is 6.61 Å². The lowest BCUT2D eigenvalue weighted by Crippen LogP contribution is -2.34. The Hall–Kier alpha value is -3.54. The predicted molar refractivity (Wildman–Crippen MR) is 103 cm³/mol. The van der Waals surface area contributed by atoms with Crippen molar-refractivity contribution >= 4 is 28.7 Å². The summed E-state index contributed by atoms with van der Waals surface area (Å²) in [6.07, 6.45) is 2.52. The van der Waals surface area contributed by atoms with Crippen LogP contribution in [-0.4, -0.2) is 29.4 Å². The number of carbonyl (C=O) groups excluding carboxylic acids is 3. The molecule has 4 rings (SSSR count). The Balaban J connectivity index is 1.49. The normalized spacial score (nSPS) is 12.4. The highest BCUT2D eigenvalue weighted by atomic mass is 16.5. The van der Waals surface area contributed by atoms with Gasteiger partial charge in [-0.3, -0.25) is 19.9 Å². The molecule has 1 heterocycles. The number of ether oxygens (including phenoxy) is 1. The second kappa shape index (κ2) is 7.60. The zero-order valence-electron chi connectivity index (χ0n) is 15.1. The van der Waals surface area contributed by atoms with Gasteiger partial charge in [-0.15, -0.1) is 0 Å². The molecule has 0 unspecified atom stereocenters. The van der Waals surface area contributed by atoms with Crippen molar-refractivity contribution in [1.82, 2.24) is 10.3 Å². The third kappa shape index (κ3) is 3.49. The van der Waals surface area contributed by atoms with Gasteiger partial charge in [0.15, 0.2) is 6.61 Å². The van der Waals surface area contributed by atoms with E-state index in [4.69, 9.17) is 4.74 Å². The van der Waals surface area contributed by atoms with Gasteiger partial charge < -0.3 is 4.74 Å². The first-order valence-corrected chi connectivity index (χ1v) is 9.10. The maximum absolute atomic E-state index is 12.8. The predicted octanol–water partition coefficient (Wildman–Crippen LogP) is 2.84. The van der Waals surface area contributed by atoms with Crippen LogP contribution in [0.2, 0.25) is 0 Å². The Kier molecular flexibility index (Phi) is 4.85. The largest absolute Gasteiger partial charge is 0.452 e. The maximum Gasteiger partial charge on any atom is 0.339 e. The SMILES string of the molecule is O=C(COC(=O)c1c2c(nc3ccccc13)CCC2)NC(=O)c1ccccc1. The number of benzene rings is 2. The molecule has 0 saturated heterocycles. The van der Waals surface area contributed by atoms with E-state index in [1.807, 2.05) is 24.3 Å². The van der Waals surface area contributed by atoms with Crippen molar-refractivity contribution in [2.24, 2.45) is 0 Å². The van der Waals surface area contributed by atoms with E-state index in [1.54, 1.807) is 30.3 Å². The van der Waals surface area contributed by atoms with Crippen molar-refractivity contribution in [3.05, 3.63) is 77.0 Å². The first-order chi connectivity index (χ1) is 13.6. The summed E-state index contributed by atoms with van der Waals surface area (Å²) in [7, 11) is 0. The van der Waals surface area contributed by atoms with Gasteiger partial charge in [-0.2, -0.15) is 0 Å². The fraction of sp³-hybridized carbons (Fsp3) is 0.182. The Bertz CT molecular complexity index is 1080. The van der Waals surface area contributed by atoms with Gasteiger partial charge in [0.1, 0.15) is 0 Å². The van der Waals surface area contributed by atoms with Crippen molar-refractivity contribution < 1.29 is 19.1 Å². The quantitative estimate of drug-likeness (QED) is 0.710. The van der Waals surface area contributed by atoms with Crippen molar-refractivity contribution in [2.45, 2.75) is 19.3 Å². The lowest BCUT2D eigenvalue weighted by atomic mass is 10.0. The number of hydrogen-bond acceptors (Lipinski definition) is 5. The second-order valence-corrected chi connectivity index (χ2v) is 6.60. The monoisotopic (exact) mass is 374 g/mol. The van der Waals surface area contributed by atoms with Gasteiger partial charge in [0.25, 0.3) is 11.8 Å². The molecule has 2 amide bonds. The Labute approximate surface area is 161 Å². The lowest BCUT2D eigenvalue weighted by molar-refractivity contribution is -0.123.